The number of nitrogens with zero attached hydrogens (tertiary/aromatic N) is 1. The standard InChI is InChI=1S/C9H18N2O2/c1-6(10)9(12)11(3)8-4-5-13-7(8)2/h6-8H,4-5,10H2,1-3H3/t6-,7?,8?/m0/s1. The predicted molar refractivity (Wildman–Crippen MR) is 50.2 cm³/mol. The molecule has 1 heterocycles. The van der Waals surface area contributed by atoms with Crippen molar-refractivity contribution in [2.45, 2.75) is 38.5 Å². The first-order valence-electron chi connectivity index (χ1n) is 4.68. The van der Waals surface area contributed by atoms with E-state index in [0.717, 1.165) is 13.0 Å². The van der Waals surface area contributed by atoms with Crippen LogP contribution in [0.3, 0.4) is 0 Å². The largest absolute Gasteiger partial charge is 0.376 e. The van der Waals surface area contributed by atoms with Gasteiger partial charge in [0.25, 0.3) is 0 Å². The number of ether oxygens (including phenoxy) is 1. The fraction of sp³-hybridized carbons (Fsp3) is 0.889. The molecule has 2 N–H and O–H groups in total. The SMILES string of the molecule is CC1OCCC1N(C)C(=O)[C@H](C)N. The highest BCUT2D eigenvalue weighted by atomic mass is 16.5. The molecule has 1 aliphatic heterocycles. The highest BCUT2D eigenvalue weighted by molar-refractivity contribution is 5.81. The first kappa shape index (κ1) is 10.5. The van der Waals surface area contributed by atoms with Crippen LogP contribution < -0.4 is 5.73 Å². The van der Waals surface area contributed by atoms with Gasteiger partial charge < -0.3 is 15.4 Å². The molecule has 0 aromatic carbocycles. The Bertz CT molecular complexity index is 194. The molecule has 1 saturated heterocycles. The van der Waals surface area contributed by atoms with Crippen LogP contribution in [0.25, 0.3) is 0 Å². The van der Waals surface area contributed by atoms with Gasteiger partial charge in [0.2, 0.25) is 5.91 Å². The molecule has 2 unspecified atom stereocenters. The summed E-state index contributed by atoms with van der Waals surface area (Å²) in [5.41, 5.74) is 5.52. The number of hydrogen-bond acceptors (Lipinski definition) is 3. The number of rotatable bonds is 2. The maximum atomic E-state index is 11.5. The van der Waals surface area contributed by atoms with Gasteiger partial charge in [-0.2, -0.15) is 0 Å². The molecule has 76 valence electrons. The Hall–Kier alpha value is -0.610. The van der Waals surface area contributed by atoms with Crippen LogP contribution in [0.1, 0.15) is 20.3 Å². The number of likely N-dealkylation sites (N-methyl/N-ethyl adjacent to an activating group) is 1. The Balaban J connectivity index is 2.56. The molecule has 0 bridgehead atoms. The van der Waals surface area contributed by atoms with Gasteiger partial charge in [-0.05, 0) is 20.3 Å². The zero-order valence-corrected chi connectivity index (χ0v) is 8.49. The normalized spacial score (nSPS) is 30.2. The Labute approximate surface area is 79.0 Å². The number of nitrogens with two attached hydrogens (primary N) is 1. The first-order valence-corrected chi connectivity index (χ1v) is 4.68. The second kappa shape index (κ2) is 4.07. The van der Waals surface area contributed by atoms with E-state index in [0.29, 0.717) is 0 Å². The van der Waals surface area contributed by atoms with E-state index in [9.17, 15) is 4.79 Å². The lowest BCUT2D eigenvalue weighted by atomic mass is 10.1. The fourth-order valence-electron chi connectivity index (χ4n) is 1.71. The highest BCUT2D eigenvalue weighted by Crippen LogP contribution is 2.18. The summed E-state index contributed by atoms with van der Waals surface area (Å²) in [5, 5.41) is 0. The zero-order chi connectivity index (χ0) is 10.0. The summed E-state index contributed by atoms with van der Waals surface area (Å²) in [7, 11) is 1.79. The third-order valence-electron chi connectivity index (χ3n) is 2.57. The first-order chi connectivity index (χ1) is 6.04. The zero-order valence-electron chi connectivity index (χ0n) is 8.49. The molecule has 3 atom stereocenters. The van der Waals surface area contributed by atoms with Gasteiger partial charge in [-0.3, -0.25) is 4.79 Å². The Morgan fingerprint density at radius 1 is 1.69 bits per heavy atom. The molecular formula is C9H18N2O2. The summed E-state index contributed by atoms with van der Waals surface area (Å²) >= 11 is 0. The van der Waals surface area contributed by atoms with Crippen molar-refractivity contribution in [3.63, 3.8) is 0 Å². The number of carbonyl (C=O) groups excluding carboxylic acids is 1. The van der Waals surface area contributed by atoms with Crippen molar-refractivity contribution in [1.82, 2.24) is 4.90 Å². The van der Waals surface area contributed by atoms with Crippen LogP contribution in [0, 0.1) is 0 Å². The van der Waals surface area contributed by atoms with Crippen molar-refractivity contribution in [3.8, 4) is 0 Å². The topological polar surface area (TPSA) is 55.6 Å². The smallest absolute Gasteiger partial charge is 0.239 e. The van der Waals surface area contributed by atoms with E-state index >= 15 is 0 Å². The lowest BCUT2D eigenvalue weighted by molar-refractivity contribution is -0.133. The maximum absolute atomic E-state index is 11.5. The maximum Gasteiger partial charge on any atom is 0.239 e. The minimum absolute atomic E-state index is 0.0117. The van der Waals surface area contributed by atoms with E-state index in [-0.39, 0.29) is 18.1 Å². The van der Waals surface area contributed by atoms with Crippen molar-refractivity contribution in [1.29, 1.82) is 0 Å². The molecule has 1 rings (SSSR count). The summed E-state index contributed by atoms with van der Waals surface area (Å²) < 4.78 is 5.38. The number of carbonyl (C=O) groups is 1. The summed E-state index contributed by atoms with van der Waals surface area (Å²) in [4.78, 5) is 13.2. The molecule has 4 heteroatoms. The molecule has 1 fully saturated rings. The average molecular weight is 186 g/mol. The second-order valence-electron chi connectivity index (χ2n) is 3.67. The van der Waals surface area contributed by atoms with Crippen molar-refractivity contribution in [2.75, 3.05) is 13.7 Å². The summed E-state index contributed by atoms with van der Waals surface area (Å²) in [6.45, 7) is 4.43. The molecule has 0 aromatic heterocycles. The van der Waals surface area contributed by atoms with Crippen molar-refractivity contribution >= 4 is 5.91 Å². The monoisotopic (exact) mass is 186 g/mol. The molecule has 0 aromatic rings. The van der Waals surface area contributed by atoms with Crippen molar-refractivity contribution in [2.24, 2.45) is 5.73 Å². The van der Waals surface area contributed by atoms with Gasteiger partial charge >= 0.3 is 0 Å². The van der Waals surface area contributed by atoms with Crippen LogP contribution in [-0.2, 0) is 9.53 Å². The minimum Gasteiger partial charge on any atom is -0.376 e. The van der Waals surface area contributed by atoms with Gasteiger partial charge in [0, 0.05) is 13.7 Å². The summed E-state index contributed by atoms with van der Waals surface area (Å²) in [6.07, 6.45) is 1.04. The Morgan fingerprint density at radius 3 is 2.69 bits per heavy atom. The number of amides is 1. The molecule has 1 amide bonds. The van der Waals surface area contributed by atoms with Crippen LogP contribution in [0.4, 0.5) is 0 Å². The van der Waals surface area contributed by atoms with Crippen LogP contribution in [0.2, 0.25) is 0 Å². The van der Waals surface area contributed by atoms with E-state index in [1.807, 2.05) is 6.92 Å². The fourth-order valence-corrected chi connectivity index (χ4v) is 1.71. The van der Waals surface area contributed by atoms with Crippen molar-refractivity contribution in [3.05, 3.63) is 0 Å². The third kappa shape index (κ3) is 2.19. The Kier molecular flexibility index (Phi) is 3.27. The van der Waals surface area contributed by atoms with Gasteiger partial charge in [-0.25, -0.2) is 0 Å². The molecule has 4 nitrogen and oxygen atoms in total. The Morgan fingerprint density at radius 2 is 2.31 bits per heavy atom. The lowest BCUT2D eigenvalue weighted by Crippen LogP contribution is -2.47. The van der Waals surface area contributed by atoms with Gasteiger partial charge in [0.15, 0.2) is 0 Å². The quantitative estimate of drug-likeness (QED) is 0.659. The molecule has 1 aliphatic rings. The van der Waals surface area contributed by atoms with Crippen LogP contribution in [0.15, 0.2) is 0 Å². The van der Waals surface area contributed by atoms with Crippen LogP contribution in [-0.4, -0.2) is 42.6 Å². The average Bonchev–Trinajstić information content (AvgIpc) is 2.48. The van der Waals surface area contributed by atoms with Crippen LogP contribution in [0.5, 0.6) is 0 Å². The van der Waals surface area contributed by atoms with Gasteiger partial charge in [0.1, 0.15) is 0 Å². The third-order valence-corrected chi connectivity index (χ3v) is 2.57. The van der Waals surface area contributed by atoms with E-state index < -0.39 is 6.04 Å². The summed E-state index contributed by atoms with van der Waals surface area (Å²) in [5.74, 6) is -0.0117. The van der Waals surface area contributed by atoms with Crippen LogP contribution >= 0.6 is 0 Å². The minimum atomic E-state index is -0.419. The molecule has 0 radical (unpaired) electrons. The van der Waals surface area contributed by atoms with Gasteiger partial charge in [0.05, 0.1) is 18.2 Å². The van der Waals surface area contributed by atoms with E-state index in [4.69, 9.17) is 10.5 Å². The van der Waals surface area contributed by atoms with Gasteiger partial charge in [-0.15, -0.1) is 0 Å². The lowest BCUT2D eigenvalue weighted by Gasteiger charge is -2.28. The van der Waals surface area contributed by atoms with E-state index in [1.54, 1.807) is 18.9 Å². The molecule has 0 spiro atoms. The predicted octanol–water partition coefficient (Wildman–Crippen LogP) is -0.0306. The van der Waals surface area contributed by atoms with Gasteiger partial charge in [-0.1, -0.05) is 0 Å². The van der Waals surface area contributed by atoms with E-state index in [2.05, 4.69) is 0 Å². The molecular weight excluding hydrogens is 168 g/mol. The molecule has 13 heavy (non-hydrogen) atoms. The second-order valence-corrected chi connectivity index (χ2v) is 3.67. The molecule has 0 saturated carbocycles. The summed E-state index contributed by atoms with van der Waals surface area (Å²) in [6, 6.07) is -0.226. The number of hydrogen-bond donors (Lipinski definition) is 1. The highest BCUT2D eigenvalue weighted by Gasteiger charge is 2.31. The molecule has 0 aliphatic carbocycles. The van der Waals surface area contributed by atoms with Crippen molar-refractivity contribution < 1.29 is 9.53 Å². The van der Waals surface area contributed by atoms with E-state index in [1.165, 1.54) is 0 Å².